The van der Waals surface area contributed by atoms with Crippen molar-refractivity contribution >= 4 is 38.8 Å². The van der Waals surface area contributed by atoms with Gasteiger partial charge in [-0.2, -0.15) is 0 Å². The van der Waals surface area contributed by atoms with Crippen molar-refractivity contribution in [2.24, 2.45) is 0 Å². The van der Waals surface area contributed by atoms with Crippen molar-refractivity contribution in [3.63, 3.8) is 0 Å². The first-order valence-corrected chi connectivity index (χ1v) is 15.2. The molecule has 1 aliphatic heterocycles. The number of carbonyl (C=O) groups is 1. The quantitative estimate of drug-likeness (QED) is 0.201. The van der Waals surface area contributed by atoms with Gasteiger partial charge in [-0.15, -0.1) is 11.3 Å². The van der Waals surface area contributed by atoms with Gasteiger partial charge in [0.1, 0.15) is 5.01 Å². The van der Waals surface area contributed by atoms with Crippen molar-refractivity contribution in [2.45, 2.75) is 37.8 Å². The fourth-order valence-electron chi connectivity index (χ4n) is 4.59. The lowest BCUT2D eigenvalue weighted by Crippen LogP contribution is -2.40. The number of non-ortho nitro benzene ring substituents is 1. The summed E-state index contributed by atoms with van der Waals surface area (Å²) in [4.78, 5) is 32.3. The Bertz CT molecular complexity index is 1700. The fraction of sp³-hybridized carbons (Fsp3) is 0.241. The lowest BCUT2D eigenvalue weighted by atomic mass is 10.1. The summed E-state index contributed by atoms with van der Waals surface area (Å²) in [6, 6.07) is 20.6. The smallest absolute Gasteiger partial charge is 0.318 e. The lowest BCUT2D eigenvalue weighted by molar-refractivity contribution is -0.384. The van der Waals surface area contributed by atoms with Gasteiger partial charge < -0.3 is 4.90 Å². The molecule has 0 unspecified atom stereocenters. The van der Waals surface area contributed by atoms with E-state index in [1.165, 1.54) is 23.5 Å². The molecule has 0 atom stereocenters. The third-order valence-electron chi connectivity index (χ3n) is 6.41. The topological polar surface area (TPSA) is 126 Å². The summed E-state index contributed by atoms with van der Waals surface area (Å²) in [7, 11) is -4.00. The minimum atomic E-state index is -4.00. The number of hydrogen-bond donors (Lipinski definition) is 1. The Morgan fingerprint density at radius 3 is 2.39 bits per heavy atom. The number of nitrogens with zero attached hydrogens (tertiary/aromatic N) is 4. The zero-order chi connectivity index (χ0) is 29.4. The van der Waals surface area contributed by atoms with Crippen LogP contribution >= 0.6 is 11.3 Å². The predicted octanol–water partition coefficient (Wildman–Crippen LogP) is 5.90. The number of nitrogens with one attached hydrogen (secondary N) is 1. The van der Waals surface area contributed by atoms with Crippen LogP contribution < -0.4 is 9.62 Å². The van der Waals surface area contributed by atoms with E-state index in [1.807, 2.05) is 30.3 Å². The molecule has 1 N–H and O–H groups in total. The maximum atomic E-state index is 13.7. The molecule has 1 aliphatic rings. The number of carbonyl (C=O) groups excluding carboxylic acids is 1. The summed E-state index contributed by atoms with van der Waals surface area (Å²) < 4.78 is 30.1. The SMILES string of the molecule is CC(C)(C)NS(=O)(=O)c1cc(N2CCN(Cc3ccccc3)C2=O)ccc1-c1cnc(-c2ccc([N+](=O)[O-])cc2)s1. The molecule has 2 amide bonds. The third kappa shape index (κ3) is 6.29. The molecule has 2 heterocycles. The molecule has 12 heteroatoms. The highest BCUT2D eigenvalue weighted by molar-refractivity contribution is 7.89. The van der Waals surface area contributed by atoms with Gasteiger partial charge in [-0.3, -0.25) is 15.0 Å². The molecule has 1 aromatic heterocycles. The number of amides is 2. The van der Waals surface area contributed by atoms with E-state index in [9.17, 15) is 23.3 Å². The van der Waals surface area contributed by atoms with Crippen LogP contribution in [-0.2, 0) is 16.6 Å². The van der Waals surface area contributed by atoms with Crippen LogP contribution in [-0.4, -0.2) is 47.9 Å². The van der Waals surface area contributed by atoms with Crippen LogP contribution in [0.3, 0.4) is 0 Å². The third-order valence-corrected chi connectivity index (χ3v) is 9.29. The van der Waals surface area contributed by atoms with E-state index < -0.39 is 20.5 Å². The number of hydrogen-bond acceptors (Lipinski definition) is 7. The molecular formula is C29H29N5O5S2. The summed E-state index contributed by atoms with van der Waals surface area (Å²) in [6.07, 6.45) is 1.59. The second kappa shape index (κ2) is 11.0. The monoisotopic (exact) mass is 591 g/mol. The molecule has 1 saturated heterocycles. The Hall–Kier alpha value is -4.13. The highest BCUT2D eigenvalue weighted by Crippen LogP contribution is 2.38. The standard InChI is InChI=1S/C29H29N5O5S2/c1-29(2,3)31-41(38,39)26-17-23(33-16-15-32(28(33)35)19-20-7-5-4-6-8-20)13-14-24(26)25-18-30-27(40-25)21-9-11-22(12-10-21)34(36)37/h4-14,17-18,31H,15-16,19H2,1-3H3. The zero-order valence-electron chi connectivity index (χ0n) is 22.8. The maximum absolute atomic E-state index is 13.7. The normalized spacial score (nSPS) is 14.1. The number of rotatable bonds is 8. The maximum Gasteiger partial charge on any atom is 0.324 e. The van der Waals surface area contributed by atoms with Crippen LogP contribution in [0.5, 0.6) is 0 Å². The van der Waals surface area contributed by atoms with Gasteiger partial charge in [0.15, 0.2) is 0 Å². The molecule has 0 aliphatic carbocycles. The van der Waals surface area contributed by atoms with Crippen LogP contribution in [0.25, 0.3) is 21.0 Å². The number of sulfonamides is 1. The molecule has 0 radical (unpaired) electrons. The number of benzene rings is 3. The average molecular weight is 592 g/mol. The molecule has 1 fully saturated rings. The van der Waals surface area contributed by atoms with Crippen LogP contribution in [0.4, 0.5) is 16.2 Å². The first kappa shape index (κ1) is 28.4. The molecule has 212 valence electrons. The van der Waals surface area contributed by atoms with E-state index in [0.29, 0.717) is 46.3 Å². The minimum absolute atomic E-state index is 0.0263. The lowest BCUT2D eigenvalue weighted by Gasteiger charge is -2.23. The van der Waals surface area contributed by atoms with Gasteiger partial charge >= 0.3 is 6.03 Å². The molecule has 0 bridgehead atoms. The molecule has 4 aromatic rings. The van der Waals surface area contributed by atoms with Crippen LogP contribution in [0.15, 0.2) is 83.9 Å². The van der Waals surface area contributed by atoms with E-state index in [2.05, 4.69) is 9.71 Å². The highest BCUT2D eigenvalue weighted by Gasteiger charge is 2.32. The number of nitro benzene ring substituents is 1. The first-order chi connectivity index (χ1) is 19.4. The summed E-state index contributed by atoms with van der Waals surface area (Å²) in [6.45, 7) is 6.71. The van der Waals surface area contributed by atoms with Crippen molar-refractivity contribution in [1.29, 1.82) is 0 Å². The second-order valence-corrected chi connectivity index (χ2v) is 13.4. The molecule has 3 aromatic carbocycles. The van der Waals surface area contributed by atoms with E-state index in [4.69, 9.17) is 0 Å². The number of anilines is 1. The minimum Gasteiger partial charge on any atom is -0.318 e. The van der Waals surface area contributed by atoms with E-state index in [0.717, 1.165) is 5.56 Å². The molecule has 0 saturated carbocycles. The zero-order valence-corrected chi connectivity index (χ0v) is 24.4. The Morgan fingerprint density at radius 1 is 1.02 bits per heavy atom. The molecule has 0 spiro atoms. The van der Waals surface area contributed by atoms with E-state index in [-0.39, 0.29) is 16.6 Å². The van der Waals surface area contributed by atoms with Crippen LogP contribution in [0.1, 0.15) is 26.3 Å². The van der Waals surface area contributed by atoms with E-state index >= 15 is 0 Å². The van der Waals surface area contributed by atoms with Crippen molar-refractivity contribution in [3.05, 3.63) is 94.7 Å². The number of thiazole rings is 1. The number of aromatic nitrogens is 1. The second-order valence-electron chi connectivity index (χ2n) is 10.7. The van der Waals surface area contributed by atoms with Gasteiger partial charge in [-0.25, -0.2) is 22.9 Å². The summed E-state index contributed by atoms with van der Waals surface area (Å²) in [5.41, 5.74) is 1.88. The number of urea groups is 1. The molecule has 5 rings (SSSR count). The molecule has 10 nitrogen and oxygen atoms in total. The van der Waals surface area contributed by atoms with Crippen molar-refractivity contribution < 1.29 is 18.1 Å². The Kier molecular flexibility index (Phi) is 7.64. The Labute approximate surface area is 242 Å². The predicted molar refractivity (Wildman–Crippen MR) is 159 cm³/mol. The Morgan fingerprint density at radius 2 is 1.73 bits per heavy atom. The van der Waals surface area contributed by atoms with Gasteiger partial charge in [-0.05, 0) is 50.6 Å². The van der Waals surface area contributed by atoms with Crippen molar-refractivity contribution in [2.75, 3.05) is 18.0 Å². The van der Waals surface area contributed by atoms with Crippen molar-refractivity contribution in [3.8, 4) is 21.0 Å². The summed E-state index contributed by atoms with van der Waals surface area (Å²) in [5.74, 6) is 0. The van der Waals surface area contributed by atoms with Crippen LogP contribution in [0, 0.1) is 10.1 Å². The van der Waals surface area contributed by atoms with Gasteiger partial charge in [0.25, 0.3) is 5.69 Å². The van der Waals surface area contributed by atoms with Crippen LogP contribution in [0.2, 0.25) is 0 Å². The van der Waals surface area contributed by atoms with Crippen molar-refractivity contribution in [1.82, 2.24) is 14.6 Å². The Balaban J connectivity index is 1.50. The van der Waals surface area contributed by atoms with Gasteiger partial charge in [0, 0.05) is 60.3 Å². The summed E-state index contributed by atoms with van der Waals surface area (Å²) in [5, 5.41) is 11.6. The fourth-order valence-corrected chi connectivity index (χ4v) is 7.28. The highest BCUT2D eigenvalue weighted by atomic mass is 32.2. The average Bonchev–Trinajstić information content (AvgIpc) is 3.55. The first-order valence-electron chi connectivity index (χ1n) is 12.9. The van der Waals surface area contributed by atoms with Gasteiger partial charge in [0.05, 0.1) is 14.7 Å². The van der Waals surface area contributed by atoms with Gasteiger partial charge in [-0.1, -0.05) is 36.4 Å². The molecule has 41 heavy (non-hydrogen) atoms. The largest absolute Gasteiger partial charge is 0.324 e. The number of nitro groups is 1. The van der Waals surface area contributed by atoms with Gasteiger partial charge in [0.2, 0.25) is 10.0 Å². The summed E-state index contributed by atoms with van der Waals surface area (Å²) >= 11 is 1.28. The molecular weight excluding hydrogens is 562 g/mol. The van der Waals surface area contributed by atoms with E-state index in [1.54, 1.807) is 67.1 Å².